The molecule has 3 heteroatoms. The van der Waals surface area contributed by atoms with E-state index >= 15 is 0 Å². The third kappa shape index (κ3) is 2.35. The van der Waals surface area contributed by atoms with Gasteiger partial charge in [0.1, 0.15) is 0 Å². The quantitative estimate of drug-likeness (QED) is 0.729. The van der Waals surface area contributed by atoms with Crippen LogP contribution in [0.3, 0.4) is 0 Å². The molecule has 0 aromatic heterocycles. The van der Waals surface area contributed by atoms with Gasteiger partial charge < -0.3 is 9.47 Å². The Morgan fingerprint density at radius 2 is 2.00 bits per heavy atom. The summed E-state index contributed by atoms with van der Waals surface area (Å²) in [6, 6.07) is 6.31. The second kappa shape index (κ2) is 5.01. The second-order valence-electron chi connectivity index (χ2n) is 3.86. The lowest BCUT2D eigenvalue weighted by Gasteiger charge is -2.05. The topological polar surface area (TPSA) is 30.8 Å². The molecule has 0 amide bonds. The first-order valence-corrected chi connectivity index (χ1v) is 5.76. The van der Waals surface area contributed by atoms with Crippen LogP contribution in [0.1, 0.15) is 32.3 Å². The highest BCUT2D eigenvalue weighted by Crippen LogP contribution is 2.32. The van der Waals surface area contributed by atoms with E-state index in [1.807, 2.05) is 24.4 Å². The van der Waals surface area contributed by atoms with Crippen LogP contribution >= 0.6 is 0 Å². The van der Waals surface area contributed by atoms with Crippen LogP contribution in [0.5, 0.6) is 11.5 Å². The normalized spacial score (nSPS) is 13.9. The van der Waals surface area contributed by atoms with E-state index in [-0.39, 0.29) is 0 Å². The molecule has 0 fully saturated rings. The molecule has 86 valence electrons. The van der Waals surface area contributed by atoms with Gasteiger partial charge in [0.25, 0.3) is 0 Å². The summed E-state index contributed by atoms with van der Waals surface area (Å²) in [4.78, 5) is 4.54. The molecule has 0 saturated heterocycles. The SMILES string of the molecule is CCC(CC)N=Cc1ccc2c(c1)OCO2. The zero-order valence-corrected chi connectivity index (χ0v) is 9.77. The Kier molecular flexibility index (Phi) is 3.44. The third-order valence-electron chi connectivity index (χ3n) is 2.77. The summed E-state index contributed by atoms with van der Waals surface area (Å²) in [5, 5.41) is 0. The molecule has 2 rings (SSSR count). The van der Waals surface area contributed by atoms with Gasteiger partial charge in [0, 0.05) is 12.3 Å². The number of ether oxygens (including phenoxy) is 2. The van der Waals surface area contributed by atoms with E-state index in [1.165, 1.54) is 0 Å². The molecule has 0 N–H and O–H groups in total. The fraction of sp³-hybridized carbons (Fsp3) is 0.462. The van der Waals surface area contributed by atoms with E-state index in [4.69, 9.17) is 9.47 Å². The molecule has 1 aromatic carbocycles. The zero-order chi connectivity index (χ0) is 11.4. The van der Waals surface area contributed by atoms with Crippen molar-refractivity contribution in [2.45, 2.75) is 32.7 Å². The van der Waals surface area contributed by atoms with Crippen LogP contribution in [0.15, 0.2) is 23.2 Å². The predicted octanol–water partition coefficient (Wildman–Crippen LogP) is 3.02. The lowest BCUT2D eigenvalue weighted by atomic mass is 10.2. The maximum atomic E-state index is 5.31. The minimum atomic E-state index is 0.322. The van der Waals surface area contributed by atoms with Gasteiger partial charge in [0.2, 0.25) is 6.79 Å². The molecule has 16 heavy (non-hydrogen) atoms. The summed E-state index contributed by atoms with van der Waals surface area (Å²) < 4.78 is 10.6. The number of hydrogen-bond acceptors (Lipinski definition) is 3. The van der Waals surface area contributed by atoms with Crippen molar-refractivity contribution in [1.29, 1.82) is 0 Å². The highest BCUT2D eigenvalue weighted by Gasteiger charge is 2.12. The summed E-state index contributed by atoms with van der Waals surface area (Å²) >= 11 is 0. The highest BCUT2D eigenvalue weighted by atomic mass is 16.7. The molecule has 1 heterocycles. The van der Waals surface area contributed by atoms with Gasteiger partial charge in [-0.15, -0.1) is 0 Å². The van der Waals surface area contributed by atoms with Gasteiger partial charge >= 0.3 is 0 Å². The summed E-state index contributed by atoms with van der Waals surface area (Å²) in [6.07, 6.45) is 4.08. The van der Waals surface area contributed by atoms with Crippen LogP contribution < -0.4 is 9.47 Å². The Hall–Kier alpha value is -1.51. The Bertz CT molecular complexity index is 384. The first kappa shape index (κ1) is 11.0. The fourth-order valence-electron chi connectivity index (χ4n) is 1.68. The van der Waals surface area contributed by atoms with E-state index in [2.05, 4.69) is 18.8 Å². The van der Waals surface area contributed by atoms with E-state index in [0.29, 0.717) is 12.8 Å². The second-order valence-corrected chi connectivity index (χ2v) is 3.86. The smallest absolute Gasteiger partial charge is 0.231 e. The third-order valence-corrected chi connectivity index (χ3v) is 2.77. The summed E-state index contributed by atoms with van der Waals surface area (Å²) in [7, 11) is 0. The average Bonchev–Trinajstić information content (AvgIpc) is 2.77. The van der Waals surface area contributed by atoms with Crippen molar-refractivity contribution in [1.82, 2.24) is 0 Å². The van der Waals surface area contributed by atoms with Gasteiger partial charge in [-0.2, -0.15) is 0 Å². The van der Waals surface area contributed by atoms with E-state index in [9.17, 15) is 0 Å². The zero-order valence-electron chi connectivity index (χ0n) is 9.77. The van der Waals surface area contributed by atoms with Crippen molar-refractivity contribution in [3.05, 3.63) is 23.8 Å². The van der Waals surface area contributed by atoms with Crippen molar-refractivity contribution < 1.29 is 9.47 Å². The van der Waals surface area contributed by atoms with Crippen molar-refractivity contribution in [3.63, 3.8) is 0 Å². The number of nitrogens with zero attached hydrogens (tertiary/aromatic N) is 1. The maximum absolute atomic E-state index is 5.31. The molecule has 0 atom stereocenters. The first-order chi connectivity index (χ1) is 7.83. The maximum Gasteiger partial charge on any atom is 0.231 e. The van der Waals surface area contributed by atoms with Gasteiger partial charge in [-0.25, -0.2) is 0 Å². The predicted molar refractivity (Wildman–Crippen MR) is 64.5 cm³/mol. The highest BCUT2D eigenvalue weighted by molar-refractivity contribution is 5.81. The number of aliphatic imine (C=N–C) groups is 1. The van der Waals surface area contributed by atoms with Gasteiger partial charge in [0.05, 0.1) is 0 Å². The Balaban J connectivity index is 2.10. The minimum Gasteiger partial charge on any atom is -0.454 e. The molecule has 0 radical (unpaired) electrons. The minimum absolute atomic E-state index is 0.322. The molecule has 1 aliphatic rings. The van der Waals surface area contributed by atoms with Crippen molar-refractivity contribution in [2.75, 3.05) is 6.79 Å². The van der Waals surface area contributed by atoms with Crippen LogP contribution in [0.4, 0.5) is 0 Å². The van der Waals surface area contributed by atoms with Crippen molar-refractivity contribution >= 4 is 6.21 Å². The molecule has 0 aliphatic carbocycles. The van der Waals surface area contributed by atoms with Gasteiger partial charge in [-0.05, 0) is 36.6 Å². The van der Waals surface area contributed by atoms with Gasteiger partial charge in [-0.3, -0.25) is 4.99 Å². The molecular formula is C13H17NO2. The molecule has 0 saturated carbocycles. The summed E-state index contributed by atoms with van der Waals surface area (Å²) in [5.74, 6) is 1.63. The molecule has 3 nitrogen and oxygen atoms in total. The summed E-state index contributed by atoms with van der Waals surface area (Å²) in [6.45, 7) is 4.64. The van der Waals surface area contributed by atoms with Crippen LogP contribution in [0.25, 0.3) is 0 Å². The van der Waals surface area contributed by atoms with Crippen LogP contribution in [-0.2, 0) is 0 Å². The number of fused-ring (bicyclic) bond motifs is 1. The molecule has 0 bridgehead atoms. The Morgan fingerprint density at radius 1 is 1.25 bits per heavy atom. The van der Waals surface area contributed by atoms with Crippen LogP contribution in [-0.4, -0.2) is 19.0 Å². The lowest BCUT2D eigenvalue weighted by molar-refractivity contribution is 0.174. The molecular weight excluding hydrogens is 202 g/mol. The molecule has 1 aliphatic heterocycles. The monoisotopic (exact) mass is 219 g/mol. The molecule has 1 aromatic rings. The van der Waals surface area contributed by atoms with Gasteiger partial charge in [0.15, 0.2) is 11.5 Å². The van der Waals surface area contributed by atoms with E-state index in [1.54, 1.807) is 0 Å². The van der Waals surface area contributed by atoms with E-state index < -0.39 is 0 Å². The Morgan fingerprint density at radius 3 is 2.75 bits per heavy atom. The first-order valence-electron chi connectivity index (χ1n) is 5.76. The fourth-order valence-corrected chi connectivity index (χ4v) is 1.68. The number of benzene rings is 1. The van der Waals surface area contributed by atoms with Crippen LogP contribution in [0.2, 0.25) is 0 Å². The van der Waals surface area contributed by atoms with E-state index in [0.717, 1.165) is 29.9 Å². The largest absolute Gasteiger partial charge is 0.454 e. The Labute approximate surface area is 96.1 Å². The average molecular weight is 219 g/mol. The van der Waals surface area contributed by atoms with Crippen LogP contribution in [0, 0.1) is 0 Å². The van der Waals surface area contributed by atoms with Gasteiger partial charge in [-0.1, -0.05) is 13.8 Å². The van der Waals surface area contributed by atoms with Crippen molar-refractivity contribution in [3.8, 4) is 11.5 Å². The summed E-state index contributed by atoms with van der Waals surface area (Å²) in [5.41, 5.74) is 1.07. The standard InChI is InChI=1S/C13H17NO2/c1-3-11(4-2)14-8-10-5-6-12-13(7-10)16-9-15-12/h5-8,11H,3-4,9H2,1-2H3. The molecule has 0 unspecified atom stereocenters. The molecule has 0 spiro atoms. The van der Waals surface area contributed by atoms with Crippen molar-refractivity contribution in [2.24, 2.45) is 4.99 Å². The number of rotatable bonds is 4. The lowest BCUT2D eigenvalue weighted by Crippen LogP contribution is -2.00. The number of hydrogen-bond donors (Lipinski definition) is 0.